The van der Waals surface area contributed by atoms with Gasteiger partial charge in [0.05, 0.1) is 5.56 Å². The van der Waals surface area contributed by atoms with Crippen LogP contribution < -0.4 is 0 Å². The van der Waals surface area contributed by atoms with E-state index in [4.69, 9.17) is 0 Å². The molecule has 0 saturated carbocycles. The van der Waals surface area contributed by atoms with Crippen LogP contribution in [0.3, 0.4) is 0 Å². The molecule has 0 aliphatic carbocycles. The van der Waals surface area contributed by atoms with Crippen molar-refractivity contribution in [3.63, 3.8) is 0 Å². The van der Waals surface area contributed by atoms with Gasteiger partial charge in [0.15, 0.2) is 0 Å². The maximum absolute atomic E-state index is 12.5. The molecule has 0 aliphatic rings. The summed E-state index contributed by atoms with van der Waals surface area (Å²) >= 11 is 0. The van der Waals surface area contributed by atoms with Gasteiger partial charge >= 0.3 is 0 Å². The molecule has 2 aromatic rings. The monoisotopic (exact) mass is 244 g/mol. The van der Waals surface area contributed by atoms with E-state index in [1.165, 1.54) is 5.56 Å². The zero-order valence-corrected chi connectivity index (χ0v) is 11.5. The van der Waals surface area contributed by atoms with Crippen molar-refractivity contribution in [1.82, 2.24) is 9.88 Å². The highest BCUT2D eigenvalue weighted by atomic mass is 16.2. The van der Waals surface area contributed by atoms with E-state index >= 15 is 0 Å². The molecule has 1 aromatic heterocycles. The van der Waals surface area contributed by atoms with Crippen LogP contribution in [-0.4, -0.2) is 28.9 Å². The van der Waals surface area contributed by atoms with Gasteiger partial charge in [-0.1, -0.05) is 11.6 Å². The molecular formula is C15H20N2O. The number of fused-ring (bicyclic) bond motifs is 1. The highest BCUT2D eigenvalue weighted by Gasteiger charge is 2.19. The van der Waals surface area contributed by atoms with Gasteiger partial charge in [0.1, 0.15) is 0 Å². The minimum atomic E-state index is 0.120. The van der Waals surface area contributed by atoms with Gasteiger partial charge in [-0.2, -0.15) is 0 Å². The van der Waals surface area contributed by atoms with E-state index < -0.39 is 0 Å². The average molecular weight is 244 g/mol. The zero-order chi connectivity index (χ0) is 13.3. The van der Waals surface area contributed by atoms with E-state index in [-0.39, 0.29) is 5.91 Å². The first-order valence-electron chi connectivity index (χ1n) is 6.46. The van der Waals surface area contributed by atoms with Crippen LogP contribution >= 0.6 is 0 Å². The lowest BCUT2D eigenvalue weighted by Crippen LogP contribution is -2.30. The Morgan fingerprint density at radius 2 is 1.89 bits per heavy atom. The highest BCUT2D eigenvalue weighted by Crippen LogP contribution is 2.24. The van der Waals surface area contributed by atoms with Gasteiger partial charge in [-0.05, 0) is 39.8 Å². The van der Waals surface area contributed by atoms with Crippen LogP contribution in [0.2, 0.25) is 0 Å². The fraction of sp³-hybridized carbons (Fsp3) is 0.400. The molecule has 0 atom stereocenters. The van der Waals surface area contributed by atoms with Crippen molar-refractivity contribution >= 4 is 16.8 Å². The number of amides is 1. The number of aromatic amines is 1. The van der Waals surface area contributed by atoms with Crippen molar-refractivity contribution in [2.75, 3.05) is 13.1 Å². The molecule has 96 valence electrons. The van der Waals surface area contributed by atoms with Gasteiger partial charge in [0.2, 0.25) is 0 Å². The molecule has 0 saturated heterocycles. The van der Waals surface area contributed by atoms with E-state index in [1.807, 2.05) is 38.7 Å². The van der Waals surface area contributed by atoms with E-state index in [9.17, 15) is 4.79 Å². The molecule has 0 radical (unpaired) electrons. The Bertz CT molecular complexity index is 579. The Labute approximate surface area is 108 Å². The third kappa shape index (κ3) is 2.01. The number of nitrogens with one attached hydrogen (secondary N) is 1. The van der Waals surface area contributed by atoms with Crippen LogP contribution in [0.5, 0.6) is 0 Å². The first kappa shape index (κ1) is 12.7. The first-order chi connectivity index (χ1) is 8.58. The van der Waals surface area contributed by atoms with Gasteiger partial charge in [-0.25, -0.2) is 0 Å². The summed E-state index contributed by atoms with van der Waals surface area (Å²) in [5, 5.41) is 1.03. The number of hydrogen-bond acceptors (Lipinski definition) is 1. The predicted octanol–water partition coefficient (Wildman–Crippen LogP) is 3.27. The van der Waals surface area contributed by atoms with Crippen molar-refractivity contribution in [3.05, 3.63) is 35.0 Å². The van der Waals surface area contributed by atoms with E-state index in [1.54, 1.807) is 0 Å². The second kappa shape index (κ2) is 4.84. The molecule has 1 heterocycles. The molecular weight excluding hydrogens is 224 g/mol. The molecule has 0 fully saturated rings. The normalized spacial score (nSPS) is 10.9. The van der Waals surface area contributed by atoms with Crippen LogP contribution in [0.1, 0.15) is 35.5 Å². The Morgan fingerprint density at radius 1 is 1.22 bits per heavy atom. The molecule has 1 aromatic carbocycles. The standard InChI is InChI=1S/C15H20N2O/c1-5-17(6-2)15(18)14-11(4)16-13-8-7-10(3)9-12(13)14/h7-9,16H,5-6H2,1-4H3. The number of H-pyrrole nitrogens is 1. The summed E-state index contributed by atoms with van der Waals surface area (Å²) in [6.07, 6.45) is 0. The van der Waals surface area contributed by atoms with E-state index in [0.29, 0.717) is 0 Å². The fourth-order valence-electron chi connectivity index (χ4n) is 2.38. The van der Waals surface area contributed by atoms with Crippen LogP contribution in [0.25, 0.3) is 10.9 Å². The Hall–Kier alpha value is -1.77. The molecule has 18 heavy (non-hydrogen) atoms. The number of carbonyl (C=O) groups is 1. The third-order valence-electron chi connectivity index (χ3n) is 3.41. The lowest BCUT2D eigenvalue weighted by Gasteiger charge is -2.18. The molecule has 0 bridgehead atoms. The molecule has 2 rings (SSSR count). The summed E-state index contributed by atoms with van der Waals surface area (Å²) in [6.45, 7) is 9.52. The summed E-state index contributed by atoms with van der Waals surface area (Å²) in [5.74, 6) is 0.120. The summed E-state index contributed by atoms with van der Waals surface area (Å²) in [5.41, 5.74) is 3.98. The smallest absolute Gasteiger partial charge is 0.256 e. The Balaban J connectivity index is 2.59. The van der Waals surface area contributed by atoms with Gasteiger partial charge in [0, 0.05) is 29.7 Å². The van der Waals surface area contributed by atoms with Gasteiger partial charge in [-0.3, -0.25) is 4.79 Å². The molecule has 0 aliphatic heterocycles. The number of benzene rings is 1. The SMILES string of the molecule is CCN(CC)C(=O)c1c(C)[nH]c2ccc(C)cc12. The first-order valence-corrected chi connectivity index (χ1v) is 6.46. The molecule has 0 spiro atoms. The predicted molar refractivity (Wildman–Crippen MR) is 75.0 cm³/mol. The van der Waals surface area contributed by atoms with Crippen molar-refractivity contribution in [2.24, 2.45) is 0 Å². The highest BCUT2D eigenvalue weighted by molar-refractivity contribution is 6.08. The number of aromatic nitrogens is 1. The largest absolute Gasteiger partial charge is 0.358 e. The molecule has 3 nitrogen and oxygen atoms in total. The molecule has 1 N–H and O–H groups in total. The van der Waals surface area contributed by atoms with Gasteiger partial charge in [-0.15, -0.1) is 0 Å². The van der Waals surface area contributed by atoms with E-state index in [2.05, 4.69) is 17.1 Å². The maximum atomic E-state index is 12.5. The molecule has 0 unspecified atom stereocenters. The van der Waals surface area contributed by atoms with Gasteiger partial charge < -0.3 is 9.88 Å². The second-order valence-corrected chi connectivity index (χ2v) is 4.65. The number of rotatable bonds is 3. The summed E-state index contributed by atoms with van der Waals surface area (Å²) in [7, 11) is 0. The minimum absolute atomic E-state index is 0.120. The summed E-state index contributed by atoms with van der Waals surface area (Å²) in [4.78, 5) is 17.7. The van der Waals surface area contributed by atoms with Crippen LogP contribution in [0.15, 0.2) is 18.2 Å². The average Bonchev–Trinajstić information content (AvgIpc) is 2.65. The van der Waals surface area contributed by atoms with Crippen molar-refractivity contribution < 1.29 is 4.79 Å². The molecule has 1 amide bonds. The van der Waals surface area contributed by atoms with E-state index in [0.717, 1.165) is 35.2 Å². The lowest BCUT2D eigenvalue weighted by atomic mass is 10.1. The maximum Gasteiger partial charge on any atom is 0.256 e. The summed E-state index contributed by atoms with van der Waals surface area (Å²) in [6, 6.07) is 6.18. The van der Waals surface area contributed by atoms with Crippen LogP contribution in [0, 0.1) is 13.8 Å². The third-order valence-corrected chi connectivity index (χ3v) is 3.41. The Morgan fingerprint density at radius 3 is 2.50 bits per heavy atom. The van der Waals surface area contributed by atoms with Crippen LogP contribution in [0.4, 0.5) is 0 Å². The number of aryl methyl sites for hydroxylation is 2. The number of nitrogens with zero attached hydrogens (tertiary/aromatic N) is 1. The fourth-order valence-corrected chi connectivity index (χ4v) is 2.38. The lowest BCUT2D eigenvalue weighted by molar-refractivity contribution is 0.0774. The number of hydrogen-bond donors (Lipinski definition) is 1. The molecule has 3 heteroatoms. The van der Waals surface area contributed by atoms with Gasteiger partial charge in [0.25, 0.3) is 5.91 Å². The van der Waals surface area contributed by atoms with Crippen molar-refractivity contribution in [1.29, 1.82) is 0 Å². The number of carbonyl (C=O) groups excluding carboxylic acids is 1. The quantitative estimate of drug-likeness (QED) is 0.883. The van der Waals surface area contributed by atoms with Crippen molar-refractivity contribution in [2.45, 2.75) is 27.7 Å². The Kier molecular flexibility index (Phi) is 3.41. The summed E-state index contributed by atoms with van der Waals surface area (Å²) < 4.78 is 0. The second-order valence-electron chi connectivity index (χ2n) is 4.65. The minimum Gasteiger partial charge on any atom is -0.358 e. The van der Waals surface area contributed by atoms with Crippen LogP contribution in [-0.2, 0) is 0 Å². The zero-order valence-electron chi connectivity index (χ0n) is 11.5. The van der Waals surface area contributed by atoms with Crippen molar-refractivity contribution in [3.8, 4) is 0 Å². The topological polar surface area (TPSA) is 36.1 Å².